The molecular weight excluding hydrogens is 499 g/mol. The Morgan fingerprint density at radius 1 is 1.00 bits per heavy atom. The molecule has 1 amide bonds. The third-order valence-electron chi connectivity index (χ3n) is 7.77. The molecule has 1 atom stereocenters. The maximum absolute atomic E-state index is 14.4. The first kappa shape index (κ1) is 24.9. The van der Waals surface area contributed by atoms with Crippen molar-refractivity contribution < 1.29 is 22.7 Å². The van der Waals surface area contributed by atoms with Crippen LogP contribution in [0.3, 0.4) is 0 Å². The van der Waals surface area contributed by atoms with Crippen LogP contribution in [0.15, 0.2) is 18.3 Å². The summed E-state index contributed by atoms with van der Waals surface area (Å²) in [5.74, 6) is -2.15. The monoisotopic (exact) mass is 529 g/mol. The molecule has 3 aromatic rings. The minimum absolute atomic E-state index is 0.0826. The smallest absolute Gasteiger partial charge is 0.225 e. The van der Waals surface area contributed by atoms with E-state index in [-0.39, 0.29) is 29.9 Å². The van der Waals surface area contributed by atoms with Crippen LogP contribution in [0.4, 0.5) is 30.8 Å². The fourth-order valence-corrected chi connectivity index (χ4v) is 5.76. The fourth-order valence-electron chi connectivity index (χ4n) is 5.76. The predicted molar refractivity (Wildman–Crippen MR) is 135 cm³/mol. The first-order valence-electron chi connectivity index (χ1n) is 13.3. The first-order valence-corrected chi connectivity index (χ1v) is 13.3. The summed E-state index contributed by atoms with van der Waals surface area (Å²) in [6.07, 6.45) is 7.78. The molecule has 2 aliphatic heterocycles. The van der Waals surface area contributed by atoms with E-state index < -0.39 is 23.1 Å². The van der Waals surface area contributed by atoms with Gasteiger partial charge in [-0.2, -0.15) is 4.98 Å². The third-order valence-corrected chi connectivity index (χ3v) is 7.77. The second-order valence-electron chi connectivity index (χ2n) is 10.3. The third kappa shape index (κ3) is 4.89. The fraction of sp³-hybridized carbons (Fsp3) is 0.538. The zero-order valence-electron chi connectivity index (χ0n) is 20.9. The summed E-state index contributed by atoms with van der Waals surface area (Å²) < 4.78 is 49.5. The van der Waals surface area contributed by atoms with E-state index in [2.05, 4.69) is 20.6 Å². The normalized spacial score (nSPS) is 23.8. The van der Waals surface area contributed by atoms with E-state index in [9.17, 15) is 18.0 Å². The molecular formula is C26H30F3N7O2. The van der Waals surface area contributed by atoms with Crippen molar-refractivity contribution in [3.05, 3.63) is 35.8 Å². The van der Waals surface area contributed by atoms with Crippen LogP contribution in [0.2, 0.25) is 0 Å². The lowest BCUT2D eigenvalue weighted by atomic mass is 9.85. The number of carbonyl (C=O) groups excluding carboxylic acids is 1. The standard InChI is InChI=1S/C26H30F3N7O2/c27-16-11-19(28)22(20(29)12-16)33-26-32-21-13-30-25(34-23(21)36(26)18-7-10-38-14-18)31-17-5-3-15(4-6-17)24(37)35-8-1-2-9-35/h11-13,15,17-18H,1-10,14H2,(H,32,33)(H,30,31,34)/t15-,17-,18-/m0/s1. The van der Waals surface area contributed by atoms with Crippen LogP contribution >= 0.6 is 0 Å². The highest BCUT2D eigenvalue weighted by molar-refractivity contribution is 5.79. The average molecular weight is 530 g/mol. The Hall–Kier alpha value is -3.41. The van der Waals surface area contributed by atoms with E-state index in [0.29, 0.717) is 48.9 Å². The van der Waals surface area contributed by atoms with Crippen LogP contribution in [0.1, 0.15) is 51.0 Å². The van der Waals surface area contributed by atoms with Crippen molar-refractivity contribution in [1.82, 2.24) is 24.4 Å². The molecule has 2 aromatic heterocycles. The Bertz CT molecular complexity index is 1310. The number of anilines is 3. The SMILES string of the molecule is O=C([C@H]1CC[C@H](Nc2ncc3nc(Nc4c(F)cc(F)cc4F)n([C@H]4CCOC4)c3n2)CC1)N1CCCC1. The molecule has 12 heteroatoms. The number of ether oxygens (including phenoxy) is 1. The summed E-state index contributed by atoms with van der Waals surface area (Å²) >= 11 is 0. The Labute approximate surface area is 217 Å². The molecule has 3 aliphatic rings. The molecule has 1 aliphatic carbocycles. The van der Waals surface area contributed by atoms with Crippen molar-refractivity contribution in [3.63, 3.8) is 0 Å². The molecule has 6 rings (SSSR count). The van der Waals surface area contributed by atoms with E-state index in [1.807, 2.05) is 4.90 Å². The number of imidazole rings is 1. The van der Waals surface area contributed by atoms with Crippen molar-refractivity contribution in [3.8, 4) is 0 Å². The van der Waals surface area contributed by atoms with E-state index in [4.69, 9.17) is 9.72 Å². The summed E-state index contributed by atoms with van der Waals surface area (Å²) in [4.78, 5) is 28.4. The second kappa shape index (κ2) is 10.4. The van der Waals surface area contributed by atoms with Gasteiger partial charge in [0, 0.05) is 43.8 Å². The molecule has 2 N–H and O–H groups in total. The lowest BCUT2D eigenvalue weighted by molar-refractivity contribution is -0.135. The Balaban J connectivity index is 1.22. The quantitative estimate of drug-likeness (QED) is 0.484. The number of hydrogen-bond acceptors (Lipinski definition) is 7. The number of carbonyl (C=O) groups is 1. The van der Waals surface area contributed by atoms with Crippen LogP contribution in [-0.4, -0.2) is 62.7 Å². The summed E-state index contributed by atoms with van der Waals surface area (Å²) in [5.41, 5.74) is 0.461. The van der Waals surface area contributed by atoms with Crippen molar-refractivity contribution >= 4 is 34.7 Å². The van der Waals surface area contributed by atoms with Gasteiger partial charge in [-0.1, -0.05) is 0 Å². The minimum Gasteiger partial charge on any atom is -0.379 e. The topological polar surface area (TPSA) is 97.2 Å². The van der Waals surface area contributed by atoms with Crippen LogP contribution < -0.4 is 10.6 Å². The van der Waals surface area contributed by atoms with Crippen LogP contribution in [0, 0.1) is 23.4 Å². The largest absolute Gasteiger partial charge is 0.379 e. The minimum atomic E-state index is -1.06. The zero-order valence-corrected chi connectivity index (χ0v) is 20.9. The van der Waals surface area contributed by atoms with Gasteiger partial charge >= 0.3 is 0 Å². The molecule has 4 heterocycles. The predicted octanol–water partition coefficient (Wildman–Crippen LogP) is 4.54. The number of aromatic nitrogens is 4. The van der Waals surface area contributed by atoms with Crippen LogP contribution in [-0.2, 0) is 9.53 Å². The molecule has 3 fully saturated rings. The van der Waals surface area contributed by atoms with Gasteiger partial charge in [-0.25, -0.2) is 23.1 Å². The van der Waals surface area contributed by atoms with E-state index in [1.54, 1.807) is 10.8 Å². The first-order chi connectivity index (χ1) is 18.5. The Morgan fingerprint density at radius 2 is 1.74 bits per heavy atom. The summed E-state index contributed by atoms with van der Waals surface area (Å²) in [6, 6.07) is 1.23. The Morgan fingerprint density at radius 3 is 2.42 bits per heavy atom. The number of hydrogen-bond donors (Lipinski definition) is 2. The molecule has 38 heavy (non-hydrogen) atoms. The number of nitrogens with zero attached hydrogens (tertiary/aromatic N) is 5. The van der Waals surface area contributed by atoms with Crippen LogP contribution in [0.25, 0.3) is 11.2 Å². The number of nitrogens with one attached hydrogen (secondary N) is 2. The molecule has 0 radical (unpaired) electrons. The maximum Gasteiger partial charge on any atom is 0.225 e. The van der Waals surface area contributed by atoms with Crippen molar-refractivity contribution in [1.29, 1.82) is 0 Å². The maximum atomic E-state index is 14.4. The molecule has 0 spiro atoms. The van der Waals surface area contributed by atoms with Gasteiger partial charge < -0.3 is 20.3 Å². The van der Waals surface area contributed by atoms with Gasteiger partial charge in [-0.3, -0.25) is 9.36 Å². The summed E-state index contributed by atoms with van der Waals surface area (Å²) in [7, 11) is 0. The van der Waals surface area contributed by atoms with Gasteiger partial charge in [0.1, 0.15) is 17.0 Å². The lowest BCUT2D eigenvalue weighted by Gasteiger charge is -2.30. The number of fused-ring (bicyclic) bond motifs is 1. The van der Waals surface area contributed by atoms with E-state index in [1.165, 1.54) is 0 Å². The number of amides is 1. The average Bonchev–Trinajstić information content (AvgIpc) is 3.67. The van der Waals surface area contributed by atoms with Crippen molar-refractivity contribution in [2.75, 3.05) is 36.9 Å². The molecule has 9 nitrogen and oxygen atoms in total. The second-order valence-corrected chi connectivity index (χ2v) is 10.3. The van der Waals surface area contributed by atoms with Gasteiger partial charge in [0.15, 0.2) is 17.3 Å². The molecule has 202 valence electrons. The molecule has 1 aromatic carbocycles. The zero-order chi connectivity index (χ0) is 26.2. The number of rotatable bonds is 6. The van der Waals surface area contributed by atoms with Crippen LogP contribution in [0.5, 0.6) is 0 Å². The van der Waals surface area contributed by atoms with Gasteiger partial charge in [0.05, 0.1) is 18.8 Å². The lowest BCUT2D eigenvalue weighted by Crippen LogP contribution is -2.37. The highest BCUT2D eigenvalue weighted by atomic mass is 19.1. The number of likely N-dealkylation sites (tertiary alicyclic amines) is 1. The van der Waals surface area contributed by atoms with E-state index in [0.717, 1.165) is 51.6 Å². The van der Waals surface area contributed by atoms with Gasteiger partial charge in [0.2, 0.25) is 17.8 Å². The number of benzene rings is 1. The molecule has 1 saturated carbocycles. The molecule has 0 unspecified atom stereocenters. The number of halogens is 3. The molecule has 0 bridgehead atoms. The van der Waals surface area contributed by atoms with E-state index >= 15 is 0 Å². The summed E-state index contributed by atoms with van der Waals surface area (Å²) in [6.45, 7) is 2.69. The van der Waals surface area contributed by atoms with Gasteiger partial charge in [-0.05, 0) is 44.9 Å². The van der Waals surface area contributed by atoms with Gasteiger partial charge in [0.25, 0.3) is 0 Å². The highest BCUT2D eigenvalue weighted by Gasteiger charge is 2.31. The summed E-state index contributed by atoms with van der Waals surface area (Å²) in [5, 5.41) is 6.10. The molecule has 2 saturated heterocycles. The Kier molecular flexibility index (Phi) is 6.81. The van der Waals surface area contributed by atoms with Crippen molar-refractivity contribution in [2.24, 2.45) is 5.92 Å². The van der Waals surface area contributed by atoms with Gasteiger partial charge in [-0.15, -0.1) is 0 Å². The highest BCUT2D eigenvalue weighted by Crippen LogP contribution is 2.33. The van der Waals surface area contributed by atoms with Crippen molar-refractivity contribution in [2.45, 2.75) is 57.0 Å².